The summed E-state index contributed by atoms with van der Waals surface area (Å²) in [5.74, 6) is 0.641. The molecular weight excluding hydrogens is 415 g/mol. The maximum absolute atomic E-state index is 13.0. The van der Waals surface area contributed by atoms with E-state index in [1.807, 2.05) is 12.1 Å². The zero-order chi connectivity index (χ0) is 21.0. The first-order chi connectivity index (χ1) is 14.5. The number of rotatable bonds is 7. The summed E-state index contributed by atoms with van der Waals surface area (Å²) in [5, 5.41) is 0. The second-order valence-electron chi connectivity index (χ2n) is 9.82. The van der Waals surface area contributed by atoms with Crippen LogP contribution < -0.4 is 0 Å². The van der Waals surface area contributed by atoms with E-state index in [1.165, 1.54) is 31.2 Å². The Morgan fingerprint density at radius 3 is 2.10 bits per heavy atom. The fraction of sp³-hybridized carbons (Fsp3) is 0.680. The van der Waals surface area contributed by atoms with Gasteiger partial charge in [-0.25, -0.2) is 4.39 Å². The highest BCUT2D eigenvalue weighted by molar-refractivity contribution is 5.98. The monoisotopic (exact) mass is 450 g/mol. The quantitative estimate of drug-likeness (QED) is 0.434. The van der Waals surface area contributed by atoms with Gasteiger partial charge in [0, 0.05) is 19.4 Å². The summed E-state index contributed by atoms with van der Waals surface area (Å²) in [6.45, 7) is 3.85. The Hall–Kier alpha value is -1.46. The number of carbonyl (C=O) groups excluding carboxylic acids is 2. The molecule has 2 amide bonds. The van der Waals surface area contributed by atoms with Crippen molar-refractivity contribution in [1.29, 1.82) is 0 Å². The molecule has 1 aromatic rings. The van der Waals surface area contributed by atoms with Crippen molar-refractivity contribution in [2.24, 2.45) is 11.3 Å². The first-order valence-electron chi connectivity index (χ1n) is 11.8. The summed E-state index contributed by atoms with van der Waals surface area (Å²) in [6.07, 6.45) is 10.9. The zero-order valence-electron chi connectivity index (χ0n) is 18.5. The van der Waals surface area contributed by atoms with Crippen molar-refractivity contribution in [3.8, 4) is 0 Å². The van der Waals surface area contributed by atoms with Crippen LogP contribution in [0.15, 0.2) is 24.3 Å². The number of amides is 2. The molecule has 6 heteroatoms. The molecule has 0 bridgehead atoms. The van der Waals surface area contributed by atoms with Crippen LogP contribution in [0.25, 0.3) is 0 Å². The normalized spacial score (nSPS) is 22.2. The van der Waals surface area contributed by atoms with Gasteiger partial charge in [-0.3, -0.25) is 14.5 Å². The van der Waals surface area contributed by atoms with Crippen LogP contribution >= 0.6 is 12.4 Å². The van der Waals surface area contributed by atoms with Crippen molar-refractivity contribution in [1.82, 2.24) is 9.80 Å². The molecule has 2 heterocycles. The van der Waals surface area contributed by atoms with Gasteiger partial charge in [0.2, 0.25) is 11.8 Å². The number of nitrogens with zero attached hydrogens (tertiary/aromatic N) is 2. The summed E-state index contributed by atoms with van der Waals surface area (Å²) in [4.78, 5) is 29.1. The van der Waals surface area contributed by atoms with Gasteiger partial charge in [0.15, 0.2) is 0 Å². The van der Waals surface area contributed by atoms with Gasteiger partial charge in [-0.1, -0.05) is 25.0 Å². The maximum Gasteiger partial charge on any atom is 0.229 e. The summed E-state index contributed by atoms with van der Waals surface area (Å²) in [6, 6.07) is 6.91. The second kappa shape index (κ2) is 10.9. The molecular formula is C25H36ClFN2O2. The van der Waals surface area contributed by atoms with E-state index in [1.54, 1.807) is 17.0 Å². The third-order valence-electron chi connectivity index (χ3n) is 7.57. The maximum atomic E-state index is 13.0. The predicted octanol–water partition coefficient (Wildman–Crippen LogP) is 4.99. The molecule has 3 aliphatic rings. The smallest absolute Gasteiger partial charge is 0.229 e. The molecule has 2 saturated heterocycles. The average Bonchev–Trinajstić information content (AvgIpc) is 3.17. The second-order valence-corrected chi connectivity index (χ2v) is 9.82. The lowest BCUT2D eigenvalue weighted by Crippen LogP contribution is -2.47. The number of imide groups is 1. The number of benzene rings is 1. The highest BCUT2D eigenvalue weighted by Crippen LogP contribution is 2.46. The molecule has 1 aliphatic carbocycles. The van der Waals surface area contributed by atoms with Gasteiger partial charge < -0.3 is 4.90 Å². The van der Waals surface area contributed by atoms with E-state index < -0.39 is 0 Å². The number of likely N-dealkylation sites (tertiary alicyclic amines) is 2. The van der Waals surface area contributed by atoms with E-state index >= 15 is 0 Å². The molecule has 1 saturated carbocycles. The molecule has 0 radical (unpaired) electrons. The number of halogens is 2. The third kappa shape index (κ3) is 6.29. The molecule has 1 spiro atoms. The lowest BCUT2D eigenvalue weighted by Gasteiger charge is -2.37. The fourth-order valence-corrected chi connectivity index (χ4v) is 5.74. The molecule has 0 atom stereocenters. The lowest BCUT2D eigenvalue weighted by atomic mass is 9.76. The molecule has 0 unspecified atom stereocenters. The minimum atomic E-state index is -0.167. The highest BCUT2D eigenvalue weighted by Gasteiger charge is 2.44. The predicted molar refractivity (Wildman–Crippen MR) is 123 cm³/mol. The van der Waals surface area contributed by atoms with Gasteiger partial charge in [-0.05, 0) is 93.6 Å². The molecule has 4 rings (SSSR count). The lowest BCUT2D eigenvalue weighted by molar-refractivity contribution is -0.153. The summed E-state index contributed by atoms with van der Waals surface area (Å²) in [7, 11) is 0. The molecule has 1 aromatic carbocycles. The minimum absolute atomic E-state index is 0. The van der Waals surface area contributed by atoms with Gasteiger partial charge >= 0.3 is 0 Å². The molecule has 0 aromatic heterocycles. The molecule has 3 fully saturated rings. The van der Waals surface area contributed by atoms with Crippen molar-refractivity contribution < 1.29 is 14.0 Å². The van der Waals surface area contributed by atoms with Crippen LogP contribution in [0.3, 0.4) is 0 Å². The topological polar surface area (TPSA) is 40.6 Å². The van der Waals surface area contributed by atoms with Crippen molar-refractivity contribution in [3.63, 3.8) is 0 Å². The van der Waals surface area contributed by atoms with Crippen molar-refractivity contribution in [2.45, 2.75) is 70.6 Å². The summed E-state index contributed by atoms with van der Waals surface area (Å²) < 4.78 is 13.0. The summed E-state index contributed by atoms with van der Waals surface area (Å²) in [5.41, 5.74) is 1.23. The Bertz CT molecular complexity index is 720. The summed E-state index contributed by atoms with van der Waals surface area (Å²) >= 11 is 0. The van der Waals surface area contributed by atoms with Gasteiger partial charge in [-0.15, -0.1) is 12.4 Å². The SMILES string of the molecule is Cl.O=C1CC2(CCCC2)CC(=O)N1CCCCN1CCC(Cc2ccc(F)cc2)CC1. The largest absolute Gasteiger partial charge is 0.303 e. The number of carbonyl (C=O) groups is 2. The van der Waals surface area contributed by atoms with E-state index in [0.717, 1.165) is 51.7 Å². The van der Waals surface area contributed by atoms with Crippen LogP contribution in [-0.4, -0.2) is 47.8 Å². The third-order valence-corrected chi connectivity index (χ3v) is 7.57. The van der Waals surface area contributed by atoms with Crippen LogP contribution in [0.5, 0.6) is 0 Å². The standard InChI is InChI=1S/C25H35FN2O2.ClH/c26-22-7-5-20(6-8-22)17-21-9-15-27(16-10-21)13-3-4-14-28-23(29)18-25(19-24(28)30)11-1-2-12-25;/h5-8,21H,1-4,9-19H2;1H. The number of hydrogen-bond acceptors (Lipinski definition) is 3. The van der Waals surface area contributed by atoms with Crippen LogP contribution in [0.1, 0.15) is 69.8 Å². The van der Waals surface area contributed by atoms with Crippen molar-refractivity contribution in [2.75, 3.05) is 26.2 Å². The van der Waals surface area contributed by atoms with Gasteiger partial charge in [-0.2, -0.15) is 0 Å². The zero-order valence-corrected chi connectivity index (χ0v) is 19.3. The Labute approximate surface area is 192 Å². The van der Waals surface area contributed by atoms with E-state index in [-0.39, 0.29) is 35.5 Å². The Morgan fingerprint density at radius 2 is 1.48 bits per heavy atom. The molecule has 0 N–H and O–H groups in total. The Balaban J connectivity index is 0.00000272. The first kappa shape index (κ1) is 24.2. The Kier molecular flexibility index (Phi) is 8.51. The highest BCUT2D eigenvalue weighted by atomic mass is 35.5. The van der Waals surface area contributed by atoms with Gasteiger partial charge in [0.25, 0.3) is 0 Å². The van der Waals surface area contributed by atoms with Crippen LogP contribution in [0.2, 0.25) is 0 Å². The first-order valence-corrected chi connectivity index (χ1v) is 11.8. The average molecular weight is 451 g/mol. The van der Waals surface area contributed by atoms with Gasteiger partial charge in [0.1, 0.15) is 5.82 Å². The van der Waals surface area contributed by atoms with Crippen LogP contribution in [0, 0.1) is 17.2 Å². The van der Waals surface area contributed by atoms with Crippen molar-refractivity contribution >= 4 is 24.2 Å². The molecule has 31 heavy (non-hydrogen) atoms. The minimum Gasteiger partial charge on any atom is -0.303 e. The van der Waals surface area contributed by atoms with Crippen molar-refractivity contribution in [3.05, 3.63) is 35.6 Å². The number of unbranched alkanes of at least 4 members (excludes halogenated alkanes) is 1. The number of hydrogen-bond donors (Lipinski definition) is 0. The van der Waals surface area contributed by atoms with Crippen LogP contribution in [-0.2, 0) is 16.0 Å². The molecule has 2 aliphatic heterocycles. The number of piperidine rings is 2. The van der Waals surface area contributed by atoms with Gasteiger partial charge in [0.05, 0.1) is 0 Å². The van der Waals surface area contributed by atoms with E-state index in [0.29, 0.717) is 25.3 Å². The Morgan fingerprint density at radius 1 is 0.903 bits per heavy atom. The van der Waals surface area contributed by atoms with Crippen LogP contribution in [0.4, 0.5) is 4.39 Å². The fourth-order valence-electron chi connectivity index (χ4n) is 5.74. The van der Waals surface area contributed by atoms with E-state index in [4.69, 9.17) is 0 Å². The molecule has 4 nitrogen and oxygen atoms in total. The van der Waals surface area contributed by atoms with E-state index in [9.17, 15) is 14.0 Å². The van der Waals surface area contributed by atoms with E-state index in [2.05, 4.69) is 4.90 Å². The molecule has 172 valence electrons.